The van der Waals surface area contributed by atoms with E-state index in [0.717, 1.165) is 25.6 Å². The van der Waals surface area contributed by atoms with Crippen molar-refractivity contribution in [3.8, 4) is 0 Å². The summed E-state index contributed by atoms with van der Waals surface area (Å²) in [5, 5.41) is 0. The first kappa shape index (κ1) is 14.7. The highest BCUT2D eigenvalue weighted by molar-refractivity contribution is 5.32. The van der Waals surface area contributed by atoms with Crippen LogP contribution < -0.4 is 4.90 Å². The fraction of sp³-hybridized carbons (Fsp3) is 0.611. The fourth-order valence-corrected chi connectivity index (χ4v) is 4.05. The Balaban J connectivity index is 1.45. The van der Waals surface area contributed by atoms with Crippen LogP contribution in [-0.2, 0) is 6.54 Å². The average molecular weight is 311 g/mol. The molecule has 4 rings (SSSR count). The van der Waals surface area contributed by atoms with Gasteiger partial charge in [-0.2, -0.15) is 0 Å². The summed E-state index contributed by atoms with van der Waals surface area (Å²) in [5.41, 5.74) is 1.25. The van der Waals surface area contributed by atoms with E-state index in [1.165, 1.54) is 44.2 Å². The molecule has 5 heteroatoms. The molecule has 1 saturated heterocycles. The summed E-state index contributed by atoms with van der Waals surface area (Å²) in [6.07, 6.45) is 15.5. The van der Waals surface area contributed by atoms with Crippen LogP contribution >= 0.6 is 0 Å². The molecule has 122 valence electrons. The number of piperidine rings is 1. The van der Waals surface area contributed by atoms with Crippen molar-refractivity contribution < 1.29 is 0 Å². The van der Waals surface area contributed by atoms with Crippen molar-refractivity contribution in [2.45, 2.75) is 51.0 Å². The Kier molecular flexibility index (Phi) is 4.26. The zero-order chi connectivity index (χ0) is 15.5. The Morgan fingerprint density at radius 2 is 2.00 bits per heavy atom. The van der Waals surface area contributed by atoms with E-state index in [-0.39, 0.29) is 0 Å². The molecular formula is C18H25N5. The molecule has 2 aromatic rings. The minimum absolute atomic E-state index is 0.650. The van der Waals surface area contributed by atoms with Crippen molar-refractivity contribution in [3.05, 3.63) is 36.7 Å². The lowest BCUT2D eigenvalue weighted by molar-refractivity contribution is 0.363. The third kappa shape index (κ3) is 3.38. The molecule has 23 heavy (non-hydrogen) atoms. The highest BCUT2D eigenvalue weighted by Gasteiger charge is 2.24. The SMILES string of the molecule is c1cn(CC2CCCN(c3nccc(C4CCCC4)n3)C2)cn1. The minimum Gasteiger partial charge on any atom is -0.340 e. The summed E-state index contributed by atoms with van der Waals surface area (Å²) in [5.74, 6) is 2.24. The molecule has 1 aliphatic carbocycles. The van der Waals surface area contributed by atoms with Crippen LogP contribution in [0, 0.1) is 5.92 Å². The average Bonchev–Trinajstić information content (AvgIpc) is 3.29. The summed E-state index contributed by atoms with van der Waals surface area (Å²) in [7, 11) is 0. The van der Waals surface area contributed by atoms with Crippen LogP contribution in [-0.4, -0.2) is 32.6 Å². The second-order valence-electron chi connectivity index (χ2n) is 6.98. The van der Waals surface area contributed by atoms with Gasteiger partial charge in [-0.1, -0.05) is 12.8 Å². The van der Waals surface area contributed by atoms with E-state index < -0.39 is 0 Å². The Bertz CT molecular complexity index is 618. The van der Waals surface area contributed by atoms with Gasteiger partial charge in [-0.3, -0.25) is 0 Å². The van der Waals surface area contributed by atoms with Gasteiger partial charge in [0.05, 0.1) is 6.33 Å². The minimum atomic E-state index is 0.650. The van der Waals surface area contributed by atoms with Crippen LogP contribution in [0.4, 0.5) is 5.95 Å². The topological polar surface area (TPSA) is 46.8 Å². The van der Waals surface area contributed by atoms with E-state index in [9.17, 15) is 0 Å². The van der Waals surface area contributed by atoms with Crippen molar-refractivity contribution in [2.24, 2.45) is 5.92 Å². The number of anilines is 1. The third-order valence-electron chi connectivity index (χ3n) is 5.27. The molecule has 1 atom stereocenters. The second kappa shape index (κ2) is 6.69. The normalized spacial score (nSPS) is 22.6. The predicted octanol–water partition coefficient (Wildman–Crippen LogP) is 3.25. The molecule has 0 aromatic carbocycles. The molecule has 1 unspecified atom stereocenters. The zero-order valence-corrected chi connectivity index (χ0v) is 13.6. The molecule has 1 aliphatic heterocycles. The van der Waals surface area contributed by atoms with Gasteiger partial charge in [-0.05, 0) is 37.7 Å². The molecule has 2 fully saturated rings. The highest BCUT2D eigenvalue weighted by Crippen LogP contribution is 2.33. The molecule has 0 amide bonds. The first-order valence-electron chi connectivity index (χ1n) is 8.92. The van der Waals surface area contributed by atoms with Crippen LogP contribution in [0.2, 0.25) is 0 Å². The van der Waals surface area contributed by atoms with Crippen molar-refractivity contribution in [3.63, 3.8) is 0 Å². The largest absolute Gasteiger partial charge is 0.340 e. The molecule has 0 N–H and O–H groups in total. The Hall–Kier alpha value is -1.91. The smallest absolute Gasteiger partial charge is 0.225 e. The lowest BCUT2D eigenvalue weighted by atomic mass is 9.98. The van der Waals surface area contributed by atoms with E-state index in [0.29, 0.717) is 11.8 Å². The van der Waals surface area contributed by atoms with Crippen molar-refractivity contribution >= 4 is 5.95 Å². The van der Waals surface area contributed by atoms with E-state index in [2.05, 4.69) is 31.7 Å². The second-order valence-corrected chi connectivity index (χ2v) is 6.98. The van der Waals surface area contributed by atoms with Crippen LogP contribution in [0.5, 0.6) is 0 Å². The van der Waals surface area contributed by atoms with E-state index >= 15 is 0 Å². The lowest BCUT2D eigenvalue weighted by Crippen LogP contribution is -2.38. The Morgan fingerprint density at radius 3 is 2.83 bits per heavy atom. The fourth-order valence-electron chi connectivity index (χ4n) is 4.05. The van der Waals surface area contributed by atoms with Crippen LogP contribution in [0.1, 0.15) is 50.1 Å². The summed E-state index contributed by atoms with van der Waals surface area (Å²) in [6, 6.07) is 2.12. The summed E-state index contributed by atoms with van der Waals surface area (Å²) in [4.78, 5) is 16.0. The van der Waals surface area contributed by atoms with E-state index in [1.54, 1.807) is 0 Å². The van der Waals surface area contributed by atoms with E-state index in [4.69, 9.17) is 4.98 Å². The molecule has 2 aromatic heterocycles. The monoisotopic (exact) mass is 311 g/mol. The molecule has 3 heterocycles. The van der Waals surface area contributed by atoms with Gasteiger partial charge in [0.25, 0.3) is 0 Å². The molecule has 1 saturated carbocycles. The first-order chi connectivity index (χ1) is 11.4. The molecule has 2 aliphatic rings. The van der Waals surface area contributed by atoms with Gasteiger partial charge in [0.2, 0.25) is 5.95 Å². The van der Waals surface area contributed by atoms with Gasteiger partial charge < -0.3 is 9.47 Å². The number of imidazole rings is 1. The molecule has 0 bridgehead atoms. The molecule has 0 radical (unpaired) electrons. The van der Waals surface area contributed by atoms with Gasteiger partial charge in [0, 0.05) is 49.8 Å². The Morgan fingerprint density at radius 1 is 1.09 bits per heavy atom. The number of nitrogens with zero attached hydrogens (tertiary/aromatic N) is 5. The van der Waals surface area contributed by atoms with Crippen LogP contribution in [0.25, 0.3) is 0 Å². The maximum atomic E-state index is 4.91. The summed E-state index contributed by atoms with van der Waals surface area (Å²) < 4.78 is 2.18. The van der Waals surface area contributed by atoms with Gasteiger partial charge in [-0.25, -0.2) is 15.0 Å². The lowest BCUT2D eigenvalue weighted by Gasteiger charge is -2.33. The molecule has 5 nitrogen and oxygen atoms in total. The maximum absolute atomic E-state index is 4.91. The van der Waals surface area contributed by atoms with Gasteiger partial charge in [0.1, 0.15) is 0 Å². The number of hydrogen-bond donors (Lipinski definition) is 0. The number of aromatic nitrogens is 4. The van der Waals surface area contributed by atoms with Crippen molar-refractivity contribution in [2.75, 3.05) is 18.0 Å². The van der Waals surface area contributed by atoms with E-state index in [1.807, 2.05) is 18.7 Å². The first-order valence-corrected chi connectivity index (χ1v) is 8.92. The van der Waals surface area contributed by atoms with Crippen molar-refractivity contribution in [1.82, 2.24) is 19.5 Å². The third-order valence-corrected chi connectivity index (χ3v) is 5.27. The zero-order valence-electron chi connectivity index (χ0n) is 13.6. The standard InChI is InChI=1S/C18H25N5/c1-2-6-16(5-1)17-7-8-20-18(21-17)23-10-3-4-15(13-23)12-22-11-9-19-14-22/h7-9,11,14-16H,1-6,10,12-13H2. The summed E-state index contributed by atoms with van der Waals surface area (Å²) >= 11 is 0. The van der Waals surface area contributed by atoms with Gasteiger partial charge in [0.15, 0.2) is 0 Å². The quantitative estimate of drug-likeness (QED) is 0.869. The summed E-state index contributed by atoms with van der Waals surface area (Å²) in [6.45, 7) is 3.17. The maximum Gasteiger partial charge on any atom is 0.225 e. The molecular weight excluding hydrogens is 286 g/mol. The predicted molar refractivity (Wildman–Crippen MR) is 90.4 cm³/mol. The molecule has 0 spiro atoms. The van der Waals surface area contributed by atoms with Gasteiger partial charge >= 0.3 is 0 Å². The van der Waals surface area contributed by atoms with Crippen LogP contribution in [0.3, 0.4) is 0 Å². The highest BCUT2D eigenvalue weighted by atomic mass is 15.3. The van der Waals surface area contributed by atoms with Gasteiger partial charge in [-0.15, -0.1) is 0 Å². The number of rotatable bonds is 4. The van der Waals surface area contributed by atoms with Crippen LogP contribution in [0.15, 0.2) is 31.0 Å². The Labute approximate surface area is 137 Å². The van der Waals surface area contributed by atoms with Crippen molar-refractivity contribution in [1.29, 1.82) is 0 Å². The number of hydrogen-bond acceptors (Lipinski definition) is 4.